The largest absolute Gasteiger partial charge is 0.187 e. The second kappa shape index (κ2) is 26.7. The standard InChI is InChI=1S/2Al.3Nb.6H. The molecular weight excluding hydrogens is 333 g/mol. The Morgan fingerprint density at radius 3 is 0.400 bits per heavy atom. The Kier molecular flexibility index (Phi) is 217. The SMILES string of the molecule is [AlH3].[AlH3].[Nb].[Nb].[Nb]. The molecule has 5 heavy (non-hydrogen) atoms. The normalized spacial score (nSPS) is 0. The van der Waals surface area contributed by atoms with E-state index in [2.05, 4.69) is 0 Å². The third-order valence-corrected chi connectivity index (χ3v) is 0. The molecule has 0 N–H and O–H groups in total. The summed E-state index contributed by atoms with van der Waals surface area (Å²) in [6.45, 7) is 0. The first kappa shape index (κ1) is 40.7. The molecule has 0 heterocycles. The van der Waals surface area contributed by atoms with Gasteiger partial charge in [-0.1, -0.05) is 0 Å². The molecule has 0 saturated heterocycles. The molecule has 0 aliphatic rings. The first-order valence-corrected chi connectivity index (χ1v) is 0. The topological polar surface area (TPSA) is 0 Å². The van der Waals surface area contributed by atoms with Gasteiger partial charge in [-0.15, -0.1) is 0 Å². The molecule has 27 valence electrons. The molecule has 0 aliphatic heterocycles. The maximum atomic E-state index is 0. The fourth-order valence-electron chi connectivity index (χ4n) is 0. The van der Waals surface area contributed by atoms with Gasteiger partial charge in [-0.2, -0.15) is 0 Å². The zero-order valence-corrected chi connectivity index (χ0v) is 7.94. The molecule has 0 bridgehead atoms. The van der Waals surface area contributed by atoms with E-state index in [0.717, 1.165) is 0 Å². The molecule has 3 radical (unpaired) electrons. The van der Waals surface area contributed by atoms with Crippen LogP contribution < -0.4 is 0 Å². The summed E-state index contributed by atoms with van der Waals surface area (Å²) in [5.74, 6) is 0. The van der Waals surface area contributed by atoms with Crippen LogP contribution in [0.15, 0.2) is 0 Å². The van der Waals surface area contributed by atoms with E-state index in [1.165, 1.54) is 0 Å². The van der Waals surface area contributed by atoms with Crippen LogP contribution in [0.3, 0.4) is 0 Å². The average molecular weight is 339 g/mol. The van der Waals surface area contributed by atoms with Gasteiger partial charge in [0.1, 0.15) is 0 Å². The van der Waals surface area contributed by atoms with Crippen molar-refractivity contribution < 1.29 is 67.1 Å². The minimum Gasteiger partial charge on any atom is 0 e. The van der Waals surface area contributed by atoms with E-state index in [1.807, 2.05) is 0 Å². The molecule has 0 spiro atoms. The molecule has 0 atom stereocenters. The second-order valence-electron chi connectivity index (χ2n) is 0. The van der Waals surface area contributed by atoms with Gasteiger partial charge in [-0.3, -0.25) is 0 Å². The zero-order chi connectivity index (χ0) is 0. The van der Waals surface area contributed by atoms with Crippen molar-refractivity contribution in [2.24, 2.45) is 0 Å². The summed E-state index contributed by atoms with van der Waals surface area (Å²) in [5.41, 5.74) is 0. The summed E-state index contributed by atoms with van der Waals surface area (Å²) >= 11 is 0. The van der Waals surface area contributed by atoms with Gasteiger partial charge in [0, 0.05) is 67.1 Å². The van der Waals surface area contributed by atoms with E-state index in [4.69, 9.17) is 0 Å². The van der Waals surface area contributed by atoms with Crippen molar-refractivity contribution in [3.8, 4) is 0 Å². The van der Waals surface area contributed by atoms with E-state index in [1.54, 1.807) is 0 Å². The van der Waals surface area contributed by atoms with Gasteiger partial charge in [0.05, 0.1) is 0 Å². The summed E-state index contributed by atoms with van der Waals surface area (Å²) in [7, 11) is 0. The molecule has 0 aromatic rings. The van der Waals surface area contributed by atoms with Crippen LogP contribution in [0.4, 0.5) is 0 Å². The molecule has 0 amide bonds. The zero-order valence-electron chi connectivity index (χ0n) is 1.34. The van der Waals surface area contributed by atoms with Crippen LogP contribution >= 0.6 is 0 Å². The molecule has 5 heteroatoms. The Hall–Kier alpha value is 3.29. The maximum absolute atomic E-state index is 0. The van der Waals surface area contributed by atoms with Gasteiger partial charge >= 0.3 is 0 Å². The van der Waals surface area contributed by atoms with Crippen molar-refractivity contribution in [1.82, 2.24) is 0 Å². The van der Waals surface area contributed by atoms with Crippen molar-refractivity contribution in [2.45, 2.75) is 0 Å². The predicted octanol–water partition coefficient (Wildman–Crippen LogP) is -2.38. The first-order valence-electron chi connectivity index (χ1n) is 0. The van der Waals surface area contributed by atoms with Crippen LogP contribution in [0.25, 0.3) is 0 Å². The molecule has 0 aromatic heterocycles. The van der Waals surface area contributed by atoms with E-state index >= 15 is 0 Å². The van der Waals surface area contributed by atoms with Gasteiger partial charge < -0.3 is 0 Å². The van der Waals surface area contributed by atoms with Crippen LogP contribution in [-0.2, 0) is 67.1 Å². The summed E-state index contributed by atoms with van der Waals surface area (Å²) in [6.07, 6.45) is 0. The predicted molar refractivity (Wildman–Crippen MR) is 19.9 cm³/mol. The fourth-order valence-corrected chi connectivity index (χ4v) is 0. The molecule has 0 fully saturated rings. The minimum atomic E-state index is 0. The van der Waals surface area contributed by atoms with Crippen molar-refractivity contribution in [2.75, 3.05) is 0 Å². The van der Waals surface area contributed by atoms with E-state index in [0.29, 0.717) is 0 Å². The molecular formula is H6Al2Nb3. The first-order chi connectivity index (χ1) is 0. The van der Waals surface area contributed by atoms with Crippen LogP contribution in [0.2, 0.25) is 0 Å². The van der Waals surface area contributed by atoms with Gasteiger partial charge in [-0.05, 0) is 0 Å². The maximum Gasteiger partial charge on any atom is 0.187 e. The molecule has 0 aliphatic carbocycles. The van der Waals surface area contributed by atoms with Gasteiger partial charge in [0.2, 0.25) is 0 Å². The molecule has 0 unspecified atom stereocenters. The summed E-state index contributed by atoms with van der Waals surface area (Å²) in [4.78, 5) is 0. The quantitative estimate of drug-likeness (QED) is 0.433. The van der Waals surface area contributed by atoms with Crippen LogP contribution in [0, 0.1) is 0 Å². The van der Waals surface area contributed by atoms with E-state index in [9.17, 15) is 0 Å². The van der Waals surface area contributed by atoms with Crippen molar-refractivity contribution >= 4 is 34.7 Å². The minimum absolute atomic E-state index is 0. The van der Waals surface area contributed by atoms with Gasteiger partial charge in [0.15, 0.2) is 34.7 Å². The van der Waals surface area contributed by atoms with E-state index in [-0.39, 0.29) is 102 Å². The Bertz CT molecular complexity index is 4.85. The number of hydrogen-bond donors (Lipinski definition) is 0. The summed E-state index contributed by atoms with van der Waals surface area (Å²) in [5, 5.41) is 0. The van der Waals surface area contributed by atoms with Gasteiger partial charge in [0.25, 0.3) is 0 Å². The van der Waals surface area contributed by atoms with Gasteiger partial charge in [-0.25, -0.2) is 0 Å². The Labute approximate surface area is 100 Å². The van der Waals surface area contributed by atoms with Crippen LogP contribution in [0.5, 0.6) is 0 Å². The number of rotatable bonds is 0. The van der Waals surface area contributed by atoms with Crippen LogP contribution in [-0.4, -0.2) is 34.7 Å². The summed E-state index contributed by atoms with van der Waals surface area (Å²) < 4.78 is 0. The Morgan fingerprint density at radius 1 is 0.400 bits per heavy atom. The van der Waals surface area contributed by atoms with Crippen molar-refractivity contribution in [1.29, 1.82) is 0 Å². The van der Waals surface area contributed by atoms with E-state index < -0.39 is 0 Å². The monoisotopic (exact) mass is 339 g/mol. The smallest absolute Gasteiger partial charge is 0 e. The third kappa shape index (κ3) is 18.9. The van der Waals surface area contributed by atoms with Crippen molar-refractivity contribution in [3.05, 3.63) is 0 Å². The van der Waals surface area contributed by atoms with Crippen molar-refractivity contribution in [3.63, 3.8) is 0 Å². The molecule has 0 rings (SSSR count). The third-order valence-electron chi connectivity index (χ3n) is 0. The Morgan fingerprint density at radius 2 is 0.400 bits per heavy atom. The fraction of sp³-hybridized carbons (Fsp3) is 0. The number of hydrogen-bond acceptors (Lipinski definition) is 0. The Balaban J connectivity index is 0. The summed E-state index contributed by atoms with van der Waals surface area (Å²) in [6, 6.07) is 0. The second-order valence-corrected chi connectivity index (χ2v) is 0. The molecule has 0 aromatic carbocycles. The molecule has 0 nitrogen and oxygen atoms in total. The van der Waals surface area contributed by atoms with Crippen LogP contribution in [0.1, 0.15) is 0 Å². The average Bonchev–Trinajstić information content (AvgIpc) is 0. The molecule has 0 saturated carbocycles.